The van der Waals surface area contributed by atoms with Crippen molar-refractivity contribution in [2.24, 2.45) is 0 Å². The summed E-state index contributed by atoms with van der Waals surface area (Å²) in [6.45, 7) is 4.09. The van der Waals surface area contributed by atoms with E-state index in [1.165, 1.54) is 10.9 Å². The molecule has 0 bridgehead atoms. The number of hydrogen-bond donors (Lipinski definition) is 0. The normalized spacial score (nSPS) is 15.3. The van der Waals surface area contributed by atoms with Gasteiger partial charge in [0.2, 0.25) is 0 Å². The number of hydrogen-bond acceptors (Lipinski definition) is 5. The number of rotatable bonds is 5. The Morgan fingerprint density at radius 2 is 2.08 bits per heavy atom. The van der Waals surface area contributed by atoms with E-state index in [4.69, 9.17) is 4.74 Å². The fraction of sp³-hybridized carbons (Fsp3) is 0.556. The van der Waals surface area contributed by atoms with Crippen molar-refractivity contribution in [1.29, 1.82) is 0 Å². The lowest BCUT2D eigenvalue weighted by Gasteiger charge is -2.33. The van der Waals surface area contributed by atoms with Crippen molar-refractivity contribution in [3.05, 3.63) is 29.7 Å². The number of esters is 1. The molecule has 0 N–H and O–H groups in total. The van der Waals surface area contributed by atoms with Crippen LogP contribution in [0.5, 0.6) is 0 Å². The highest BCUT2D eigenvalue weighted by molar-refractivity contribution is 5.98. The second kappa shape index (κ2) is 7.63. The number of fused-ring (bicyclic) bond motifs is 1. The summed E-state index contributed by atoms with van der Waals surface area (Å²) in [7, 11) is 0. The summed E-state index contributed by atoms with van der Waals surface area (Å²) in [5, 5.41) is 4.24. The number of amides is 1. The molecule has 1 amide bonds. The van der Waals surface area contributed by atoms with Gasteiger partial charge in [0.25, 0.3) is 5.91 Å². The smallest absolute Gasteiger partial charge is 0.344 e. The van der Waals surface area contributed by atoms with Gasteiger partial charge in [0.05, 0.1) is 5.69 Å². The van der Waals surface area contributed by atoms with Crippen LogP contribution in [0.25, 0.3) is 5.65 Å². The topological polar surface area (TPSA) is 76.8 Å². The molecule has 0 aromatic carbocycles. The molecule has 2 aromatic heterocycles. The number of likely N-dealkylation sites (N-methyl/N-ethyl adjacent to an activating group) is 1. The van der Waals surface area contributed by atoms with E-state index >= 15 is 0 Å². The standard InChI is InChI=1S/C18H24N4O3/c1-3-21(14-8-5-4-6-9-14)15(23)12-25-18(24)16-13(2)20-22-11-7-10-19-17(16)22/h7,10-11,14H,3-6,8-9,12H2,1-2H3. The van der Waals surface area contributed by atoms with Crippen LogP contribution in [0.4, 0.5) is 0 Å². The summed E-state index contributed by atoms with van der Waals surface area (Å²) < 4.78 is 6.82. The maximum Gasteiger partial charge on any atom is 0.344 e. The van der Waals surface area contributed by atoms with Crippen LogP contribution < -0.4 is 0 Å². The molecule has 7 nitrogen and oxygen atoms in total. The van der Waals surface area contributed by atoms with Gasteiger partial charge in [-0.1, -0.05) is 19.3 Å². The van der Waals surface area contributed by atoms with Gasteiger partial charge in [-0.15, -0.1) is 0 Å². The highest BCUT2D eigenvalue weighted by atomic mass is 16.5. The number of aromatic nitrogens is 3. The molecule has 1 fully saturated rings. The first-order chi connectivity index (χ1) is 12.1. The van der Waals surface area contributed by atoms with Crippen LogP contribution in [0.1, 0.15) is 55.1 Å². The van der Waals surface area contributed by atoms with E-state index in [2.05, 4.69) is 10.1 Å². The summed E-state index contributed by atoms with van der Waals surface area (Å²) >= 11 is 0. The number of ether oxygens (including phenoxy) is 1. The van der Waals surface area contributed by atoms with E-state index in [0.717, 1.165) is 25.7 Å². The summed E-state index contributed by atoms with van der Waals surface area (Å²) in [4.78, 5) is 31.0. The van der Waals surface area contributed by atoms with E-state index in [-0.39, 0.29) is 18.6 Å². The molecule has 2 heterocycles. The highest BCUT2D eigenvalue weighted by Crippen LogP contribution is 2.22. The van der Waals surface area contributed by atoms with Crippen LogP contribution in [0.15, 0.2) is 18.5 Å². The average Bonchev–Trinajstić information content (AvgIpc) is 2.97. The minimum Gasteiger partial charge on any atom is -0.452 e. The molecule has 134 valence electrons. The number of nitrogens with zero attached hydrogens (tertiary/aromatic N) is 4. The Morgan fingerprint density at radius 1 is 1.32 bits per heavy atom. The van der Waals surface area contributed by atoms with Crippen LogP contribution in [0.2, 0.25) is 0 Å². The molecule has 0 aliphatic heterocycles. The molecule has 0 radical (unpaired) electrons. The van der Waals surface area contributed by atoms with E-state index in [1.54, 1.807) is 25.4 Å². The first kappa shape index (κ1) is 17.4. The maximum absolute atomic E-state index is 12.5. The van der Waals surface area contributed by atoms with Crippen LogP contribution in [0, 0.1) is 6.92 Å². The Labute approximate surface area is 147 Å². The molecule has 0 unspecified atom stereocenters. The van der Waals surface area contributed by atoms with E-state index in [1.807, 2.05) is 11.8 Å². The fourth-order valence-electron chi connectivity index (χ4n) is 3.55. The molecule has 0 atom stereocenters. The lowest BCUT2D eigenvalue weighted by molar-refractivity contribution is -0.137. The lowest BCUT2D eigenvalue weighted by atomic mass is 9.94. The van der Waals surface area contributed by atoms with Gasteiger partial charge in [-0.05, 0) is 32.8 Å². The summed E-state index contributed by atoms with van der Waals surface area (Å²) in [6, 6.07) is 2.01. The Hall–Kier alpha value is -2.44. The zero-order chi connectivity index (χ0) is 17.8. The molecule has 1 aliphatic rings. The SMILES string of the molecule is CCN(C(=O)COC(=O)c1c(C)nn2cccnc12)C1CCCCC1. The predicted octanol–water partition coefficient (Wildman–Crippen LogP) is 2.38. The van der Waals surface area contributed by atoms with Crippen LogP contribution in [-0.2, 0) is 9.53 Å². The van der Waals surface area contributed by atoms with E-state index in [9.17, 15) is 9.59 Å². The van der Waals surface area contributed by atoms with Gasteiger partial charge in [0.15, 0.2) is 12.3 Å². The van der Waals surface area contributed by atoms with Crippen molar-refractivity contribution in [2.45, 2.75) is 52.0 Å². The van der Waals surface area contributed by atoms with Gasteiger partial charge >= 0.3 is 5.97 Å². The molecular formula is C18H24N4O3. The molecule has 1 saturated carbocycles. The van der Waals surface area contributed by atoms with Crippen LogP contribution in [-0.4, -0.2) is 50.6 Å². The molecule has 0 saturated heterocycles. The minimum atomic E-state index is -0.556. The number of aryl methyl sites for hydroxylation is 1. The van der Waals surface area contributed by atoms with Crippen molar-refractivity contribution in [3.63, 3.8) is 0 Å². The predicted molar refractivity (Wildman–Crippen MR) is 92.3 cm³/mol. The van der Waals surface area contributed by atoms with Crippen LogP contribution in [0.3, 0.4) is 0 Å². The Bertz CT molecular complexity index is 765. The first-order valence-corrected chi connectivity index (χ1v) is 8.88. The molecule has 0 spiro atoms. The second-order valence-electron chi connectivity index (χ2n) is 6.40. The minimum absolute atomic E-state index is 0.134. The van der Waals surface area contributed by atoms with Crippen LogP contribution >= 0.6 is 0 Å². The van der Waals surface area contributed by atoms with Gasteiger partial charge in [-0.2, -0.15) is 5.10 Å². The zero-order valence-corrected chi connectivity index (χ0v) is 14.8. The van der Waals surface area contributed by atoms with Crippen molar-refractivity contribution < 1.29 is 14.3 Å². The average molecular weight is 344 g/mol. The van der Waals surface area contributed by atoms with Crippen molar-refractivity contribution in [1.82, 2.24) is 19.5 Å². The van der Waals surface area contributed by atoms with Gasteiger partial charge in [-0.3, -0.25) is 4.79 Å². The largest absolute Gasteiger partial charge is 0.452 e. The Balaban J connectivity index is 1.66. The zero-order valence-electron chi connectivity index (χ0n) is 14.8. The first-order valence-electron chi connectivity index (χ1n) is 8.88. The summed E-state index contributed by atoms with van der Waals surface area (Å²) in [6.07, 6.45) is 8.93. The van der Waals surface area contributed by atoms with Crippen molar-refractivity contribution >= 4 is 17.5 Å². The molecule has 1 aliphatic carbocycles. The Morgan fingerprint density at radius 3 is 2.80 bits per heavy atom. The van der Waals surface area contributed by atoms with Gasteiger partial charge in [0.1, 0.15) is 5.56 Å². The lowest BCUT2D eigenvalue weighted by Crippen LogP contribution is -2.43. The van der Waals surface area contributed by atoms with Gasteiger partial charge in [-0.25, -0.2) is 14.3 Å². The summed E-state index contributed by atoms with van der Waals surface area (Å²) in [5.74, 6) is -0.691. The van der Waals surface area contributed by atoms with E-state index in [0.29, 0.717) is 23.4 Å². The molecule has 7 heteroatoms. The molecular weight excluding hydrogens is 320 g/mol. The maximum atomic E-state index is 12.5. The Kier molecular flexibility index (Phi) is 5.31. The third-order valence-electron chi connectivity index (χ3n) is 4.78. The van der Waals surface area contributed by atoms with Gasteiger partial charge in [0, 0.05) is 25.0 Å². The number of carbonyl (C=O) groups is 2. The third kappa shape index (κ3) is 3.65. The fourth-order valence-corrected chi connectivity index (χ4v) is 3.55. The van der Waals surface area contributed by atoms with E-state index < -0.39 is 5.97 Å². The third-order valence-corrected chi connectivity index (χ3v) is 4.78. The van der Waals surface area contributed by atoms with Crippen molar-refractivity contribution in [2.75, 3.05) is 13.2 Å². The van der Waals surface area contributed by atoms with Crippen molar-refractivity contribution in [3.8, 4) is 0 Å². The monoisotopic (exact) mass is 344 g/mol. The highest BCUT2D eigenvalue weighted by Gasteiger charge is 2.26. The molecule has 2 aromatic rings. The van der Waals surface area contributed by atoms with Gasteiger partial charge < -0.3 is 9.64 Å². The molecule has 25 heavy (non-hydrogen) atoms. The summed E-state index contributed by atoms with van der Waals surface area (Å²) in [5.41, 5.74) is 1.29. The quantitative estimate of drug-likeness (QED) is 0.778. The number of carbonyl (C=O) groups excluding carboxylic acids is 2. The second-order valence-corrected chi connectivity index (χ2v) is 6.40. The molecule has 3 rings (SSSR count).